The molecule has 106 valence electrons. The zero-order chi connectivity index (χ0) is 14.5. The second-order valence-electron chi connectivity index (χ2n) is 4.55. The van der Waals surface area contributed by atoms with Gasteiger partial charge in [0.15, 0.2) is 5.69 Å². The monoisotopic (exact) mass is 291 g/mol. The lowest BCUT2D eigenvalue weighted by molar-refractivity contribution is 0.0596. The Hall–Kier alpha value is -2.08. The topological polar surface area (TPSA) is 57.7 Å². The van der Waals surface area contributed by atoms with Crippen molar-refractivity contribution < 1.29 is 9.53 Å². The van der Waals surface area contributed by atoms with Crippen molar-refractivity contribution >= 4 is 29.3 Å². The molecule has 0 radical (unpaired) electrons. The number of methoxy groups -OCH3 is 1. The summed E-state index contributed by atoms with van der Waals surface area (Å²) in [5.41, 5.74) is 3.20. The van der Waals surface area contributed by atoms with E-state index in [1.807, 2.05) is 30.6 Å². The van der Waals surface area contributed by atoms with E-state index in [2.05, 4.69) is 21.4 Å². The highest BCUT2D eigenvalue weighted by Gasteiger charge is 2.17. The summed E-state index contributed by atoms with van der Waals surface area (Å²) in [6.07, 6.45) is 4.22. The molecular weight excluding hydrogens is 274 g/mol. The Kier molecular flexibility index (Phi) is 4.57. The molecule has 0 saturated carbocycles. The maximum atomic E-state index is 11.8. The highest BCUT2D eigenvalue weighted by atomic mass is 32.1. The maximum absolute atomic E-state index is 11.8. The second-order valence-corrected chi connectivity index (χ2v) is 5.33. The molecule has 0 aromatic carbocycles. The van der Waals surface area contributed by atoms with Gasteiger partial charge in [-0.05, 0) is 22.4 Å². The van der Waals surface area contributed by atoms with E-state index in [0.29, 0.717) is 11.4 Å². The van der Waals surface area contributed by atoms with Crippen LogP contribution >= 0.6 is 11.3 Å². The van der Waals surface area contributed by atoms with E-state index < -0.39 is 5.97 Å². The van der Waals surface area contributed by atoms with Crippen LogP contribution in [0.1, 0.15) is 21.6 Å². The largest absolute Gasteiger partial charge is 0.464 e. The fourth-order valence-electron chi connectivity index (χ4n) is 1.78. The van der Waals surface area contributed by atoms with Crippen molar-refractivity contribution in [3.63, 3.8) is 0 Å². The number of ether oxygens (including phenoxy) is 1. The van der Waals surface area contributed by atoms with Gasteiger partial charge in [-0.15, -0.1) is 0 Å². The van der Waals surface area contributed by atoms with Gasteiger partial charge in [0.1, 0.15) is 5.69 Å². The molecule has 0 atom stereocenters. The van der Waals surface area contributed by atoms with Gasteiger partial charge in [0.25, 0.3) is 0 Å². The fourth-order valence-corrected chi connectivity index (χ4v) is 2.45. The number of aromatic amines is 1. The summed E-state index contributed by atoms with van der Waals surface area (Å²) >= 11 is 1.65. The van der Waals surface area contributed by atoms with Gasteiger partial charge in [0, 0.05) is 32.3 Å². The number of aromatic nitrogens is 1. The van der Waals surface area contributed by atoms with Gasteiger partial charge in [0.05, 0.1) is 13.4 Å². The van der Waals surface area contributed by atoms with Crippen LogP contribution in [0.3, 0.4) is 0 Å². The van der Waals surface area contributed by atoms with Gasteiger partial charge in [-0.3, -0.25) is 0 Å². The third kappa shape index (κ3) is 3.27. The predicted molar refractivity (Wildman–Crippen MR) is 81.1 cm³/mol. The summed E-state index contributed by atoms with van der Waals surface area (Å²) in [5.74, 6) is -0.410. The number of hydrogen-bond acceptors (Lipinski definition) is 4. The molecule has 0 aliphatic carbocycles. The van der Waals surface area contributed by atoms with Crippen molar-refractivity contribution in [1.82, 2.24) is 9.88 Å². The van der Waals surface area contributed by atoms with E-state index in [1.54, 1.807) is 17.7 Å². The molecule has 1 N–H and O–H groups in total. The first kappa shape index (κ1) is 14.3. The average molecular weight is 291 g/mol. The zero-order valence-corrected chi connectivity index (χ0v) is 12.5. The Morgan fingerprint density at radius 2 is 2.35 bits per heavy atom. The van der Waals surface area contributed by atoms with Crippen molar-refractivity contribution in [2.24, 2.45) is 4.99 Å². The van der Waals surface area contributed by atoms with E-state index in [-0.39, 0.29) is 0 Å². The number of nitrogens with one attached hydrogen (secondary N) is 1. The minimum Gasteiger partial charge on any atom is -0.464 e. The van der Waals surface area contributed by atoms with Gasteiger partial charge >= 0.3 is 5.97 Å². The Bertz CT molecular complexity index is 600. The summed E-state index contributed by atoms with van der Waals surface area (Å²) in [6.45, 7) is 0. The highest BCUT2D eigenvalue weighted by molar-refractivity contribution is 7.07. The van der Waals surface area contributed by atoms with E-state index in [4.69, 9.17) is 4.74 Å². The minimum atomic E-state index is -0.410. The first-order chi connectivity index (χ1) is 9.61. The highest BCUT2D eigenvalue weighted by Crippen LogP contribution is 2.27. The molecule has 0 spiro atoms. The molecular formula is C14H17N3O2S. The number of H-pyrrole nitrogens is 1. The van der Waals surface area contributed by atoms with E-state index >= 15 is 0 Å². The molecule has 2 rings (SSSR count). The molecule has 0 unspecified atom stereocenters. The average Bonchev–Trinajstić information content (AvgIpc) is 3.06. The van der Waals surface area contributed by atoms with Crippen LogP contribution < -0.4 is 0 Å². The van der Waals surface area contributed by atoms with Gasteiger partial charge in [0.2, 0.25) is 0 Å². The van der Waals surface area contributed by atoms with Crippen LogP contribution in [0.4, 0.5) is 5.69 Å². The molecule has 0 bridgehead atoms. The molecule has 0 aliphatic heterocycles. The SMILES string of the molecule is COC(=O)c1[nH]cc(Cc2ccsc2)c1N=CN(C)C. The molecule has 2 heterocycles. The zero-order valence-electron chi connectivity index (χ0n) is 11.7. The van der Waals surface area contributed by atoms with Crippen LogP contribution in [-0.2, 0) is 11.2 Å². The molecule has 2 aromatic heterocycles. The van der Waals surface area contributed by atoms with Crippen molar-refractivity contribution in [3.05, 3.63) is 39.8 Å². The molecule has 0 saturated heterocycles. The number of nitrogens with zero attached hydrogens (tertiary/aromatic N) is 2. The quantitative estimate of drug-likeness (QED) is 0.523. The van der Waals surface area contributed by atoms with Gasteiger partial charge in [-0.1, -0.05) is 0 Å². The Morgan fingerprint density at radius 1 is 1.55 bits per heavy atom. The number of carbonyl (C=O) groups excluding carboxylic acids is 1. The van der Waals surface area contributed by atoms with E-state index in [0.717, 1.165) is 12.0 Å². The first-order valence-electron chi connectivity index (χ1n) is 6.12. The summed E-state index contributed by atoms with van der Waals surface area (Å²) in [5, 5.41) is 4.12. The lowest BCUT2D eigenvalue weighted by Gasteiger charge is -2.05. The van der Waals surface area contributed by atoms with Crippen LogP contribution in [0, 0.1) is 0 Å². The fraction of sp³-hybridized carbons (Fsp3) is 0.286. The third-order valence-electron chi connectivity index (χ3n) is 2.71. The molecule has 5 nitrogen and oxygen atoms in total. The normalized spacial score (nSPS) is 10.9. The number of carbonyl (C=O) groups is 1. The molecule has 6 heteroatoms. The van der Waals surface area contributed by atoms with Crippen molar-refractivity contribution in [3.8, 4) is 0 Å². The first-order valence-corrected chi connectivity index (χ1v) is 7.06. The van der Waals surface area contributed by atoms with Gasteiger partial charge < -0.3 is 14.6 Å². The maximum Gasteiger partial charge on any atom is 0.356 e. The van der Waals surface area contributed by atoms with Crippen LogP contribution in [0.5, 0.6) is 0 Å². The van der Waals surface area contributed by atoms with Crippen LogP contribution in [-0.4, -0.2) is 43.4 Å². The lowest BCUT2D eigenvalue weighted by Crippen LogP contribution is -2.08. The van der Waals surface area contributed by atoms with Gasteiger partial charge in [-0.25, -0.2) is 9.79 Å². The predicted octanol–water partition coefficient (Wildman–Crippen LogP) is 2.68. The molecule has 20 heavy (non-hydrogen) atoms. The summed E-state index contributed by atoms with van der Waals surface area (Å²) in [4.78, 5) is 20.9. The van der Waals surface area contributed by atoms with Crippen molar-refractivity contribution in [2.75, 3.05) is 21.2 Å². The standard InChI is InChI=1S/C14H17N3O2S/c1-17(2)9-16-12-11(6-10-4-5-20-8-10)7-15-13(12)14(18)19-3/h4-5,7-9,15H,6H2,1-3H3. The molecule has 0 aliphatic rings. The van der Waals surface area contributed by atoms with Crippen LogP contribution in [0.25, 0.3) is 0 Å². The summed E-state index contributed by atoms with van der Waals surface area (Å²) in [7, 11) is 5.13. The summed E-state index contributed by atoms with van der Waals surface area (Å²) < 4.78 is 4.78. The Balaban J connectivity index is 2.35. The smallest absolute Gasteiger partial charge is 0.356 e. The Labute approximate surface area is 121 Å². The number of rotatable bonds is 5. The second kappa shape index (κ2) is 6.38. The van der Waals surface area contributed by atoms with E-state index in [1.165, 1.54) is 12.7 Å². The van der Waals surface area contributed by atoms with Crippen LogP contribution in [0.2, 0.25) is 0 Å². The molecule has 0 amide bonds. The number of aliphatic imine (C=N–C) groups is 1. The van der Waals surface area contributed by atoms with Crippen molar-refractivity contribution in [1.29, 1.82) is 0 Å². The number of thiophene rings is 1. The van der Waals surface area contributed by atoms with E-state index in [9.17, 15) is 4.79 Å². The van der Waals surface area contributed by atoms with Crippen LogP contribution in [0.15, 0.2) is 28.0 Å². The number of esters is 1. The minimum absolute atomic E-state index is 0.385. The Morgan fingerprint density at radius 3 is 2.95 bits per heavy atom. The summed E-state index contributed by atoms with van der Waals surface area (Å²) in [6, 6.07) is 2.06. The molecule has 0 fully saturated rings. The third-order valence-corrected chi connectivity index (χ3v) is 3.45. The number of hydrogen-bond donors (Lipinski definition) is 1. The van der Waals surface area contributed by atoms with Crippen molar-refractivity contribution in [2.45, 2.75) is 6.42 Å². The lowest BCUT2D eigenvalue weighted by atomic mass is 10.1. The molecule has 2 aromatic rings. The van der Waals surface area contributed by atoms with Gasteiger partial charge in [-0.2, -0.15) is 11.3 Å².